The molecule has 1 aliphatic carbocycles. The minimum Gasteiger partial charge on any atom is -0.395 e. The first-order valence-electron chi connectivity index (χ1n) is 7.44. The van der Waals surface area contributed by atoms with Gasteiger partial charge in [0.05, 0.1) is 12.0 Å². The van der Waals surface area contributed by atoms with E-state index in [9.17, 15) is 4.79 Å². The van der Waals surface area contributed by atoms with Gasteiger partial charge in [0.25, 0.3) is 0 Å². The molecule has 2 aliphatic rings. The smallest absolute Gasteiger partial charge is 0.230 e. The van der Waals surface area contributed by atoms with Crippen molar-refractivity contribution in [3.05, 3.63) is 0 Å². The molecule has 0 aromatic heterocycles. The Labute approximate surface area is 115 Å². The lowest BCUT2D eigenvalue weighted by molar-refractivity contribution is -0.149. The zero-order chi connectivity index (χ0) is 13.9. The second-order valence-electron chi connectivity index (χ2n) is 6.21. The Morgan fingerprint density at radius 3 is 2.63 bits per heavy atom. The molecule has 0 spiro atoms. The molecule has 2 fully saturated rings. The fraction of sp³-hybridized carbons (Fsp3) is 0.929. The fourth-order valence-corrected chi connectivity index (χ4v) is 3.58. The highest BCUT2D eigenvalue weighted by molar-refractivity contribution is 5.84. The van der Waals surface area contributed by atoms with Crippen molar-refractivity contribution in [1.82, 2.24) is 9.80 Å². The number of carbonyl (C=O) groups is 1. The van der Waals surface area contributed by atoms with Crippen LogP contribution in [0.4, 0.5) is 0 Å². The van der Waals surface area contributed by atoms with Gasteiger partial charge in [-0.1, -0.05) is 6.92 Å². The zero-order valence-electron chi connectivity index (χ0n) is 12.0. The molecule has 0 aromatic carbocycles. The monoisotopic (exact) mass is 269 g/mol. The number of carbonyl (C=O) groups excluding carboxylic acids is 1. The molecule has 2 rings (SSSR count). The fourth-order valence-electron chi connectivity index (χ4n) is 3.58. The largest absolute Gasteiger partial charge is 0.395 e. The summed E-state index contributed by atoms with van der Waals surface area (Å²) >= 11 is 0. The molecule has 1 saturated carbocycles. The Hall–Kier alpha value is -0.650. The van der Waals surface area contributed by atoms with E-state index in [4.69, 9.17) is 10.8 Å². The highest BCUT2D eigenvalue weighted by Crippen LogP contribution is 2.46. The van der Waals surface area contributed by atoms with E-state index in [0.29, 0.717) is 19.0 Å². The predicted molar refractivity (Wildman–Crippen MR) is 74.6 cm³/mol. The average molecular weight is 269 g/mol. The van der Waals surface area contributed by atoms with Gasteiger partial charge >= 0.3 is 0 Å². The van der Waals surface area contributed by atoms with Crippen molar-refractivity contribution in [2.24, 2.45) is 17.1 Å². The van der Waals surface area contributed by atoms with Crippen molar-refractivity contribution in [3.63, 3.8) is 0 Å². The SMILES string of the molecule is CC1CC(CN)(C(=O)N2CCCN(CCO)CC2)C1. The average Bonchev–Trinajstić information content (AvgIpc) is 2.60. The summed E-state index contributed by atoms with van der Waals surface area (Å²) in [5, 5.41) is 8.99. The Morgan fingerprint density at radius 2 is 2.05 bits per heavy atom. The highest BCUT2D eigenvalue weighted by atomic mass is 16.3. The first-order chi connectivity index (χ1) is 9.11. The van der Waals surface area contributed by atoms with Crippen LogP contribution in [0.15, 0.2) is 0 Å². The summed E-state index contributed by atoms with van der Waals surface area (Å²) in [6, 6.07) is 0. The van der Waals surface area contributed by atoms with Crippen LogP contribution in [0.1, 0.15) is 26.2 Å². The Bertz CT molecular complexity index is 316. The maximum Gasteiger partial charge on any atom is 0.230 e. The second kappa shape index (κ2) is 6.20. The number of nitrogens with two attached hydrogens (primary N) is 1. The number of hydrogen-bond donors (Lipinski definition) is 2. The van der Waals surface area contributed by atoms with E-state index in [1.54, 1.807) is 0 Å². The normalized spacial score (nSPS) is 32.8. The standard InChI is InChI=1S/C14H27N3O2/c1-12-9-14(10-12,11-15)13(19)17-4-2-3-16(5-6-17)7-8-18/h12,18H,2-11,15H2,1H3. The number of β-amino-alcohol motifs (C(OH)–C–C–N with tert-alkyl or cyclic N) is 1. The molecule has 5 heteroatoms. The molecule has 0 radical (unpaired) electrons. The maximum absolute atomic E-state index is 12.7. The van der Waals surface area contributed by atoms with Crippen molar-refractivity contribution in [1.29, 1.82) is 0 Å². The Balaban J connectivity index is 1.92. The third-order valence-corrected chi connectivity index (χ3v) is 4.61. The van der Waals surface area contributed by atoms with Crippen molar-refractivity contribution < 1.29 is 9.90 Å². The van der Waals surface area contributed by atoms with E-state index in [1.165, 1.54) is 0 Å². The summed E-state index contributed by atoms with van der Waals surface area (Å²) < 4.78 is 0. The molecule has 1 aliphatic heterocycles. The van der Waals surface area contributed by atoms with Crippen LogP contribution in [-0.2, 0) is 4.79 Å². The third kappa shape index (κ3) is 3.09. The Kier molecular flexibility index (Phi) is 4.81. The van der Waals surface area contributed by atoms with Gasteiger partial charge in [0.15, 0.2) is 0 Å². The lowest BCUT2D eigenvalue weighted by Crippen LogP contribution is -2.55. The van der Waals surface area contributed by atoms with Crippen LogP contribution >= 0.6 is 0 Å². The minimum atomic E-state index is -0.272. The van der Waals surface area contributed by atoms with E-state index >= 15 is 0 Å². The van der Waals surface area contributed by atoms with Crippen molar-refractivity contribution >= 4 is 5.91 Å². The topological polar surface area (TPSA) is 69.8 Å². The molecule has 110 valence electrons. The van der Waals surface area contributed by atoms with Crippen LogP contribution < -0.4 is 5.73 Å². The molecule has 0 bridgehead atoms. The lowest BCUT2D eigenvalue weighted by Gasteiger charge is -2.46. The summed E-state index contributed by atoms with van der Waals surface area (Å²) in [5.74, 6) is 0.893. The van der Waals surface area contributed by atoms with Gasteiger partial charge in [0.1, 0.15) is 0 Å². The van der Waals surface area contributed by atoms with Gasteiger partial charge in [-0.2, -0.15) is 0 Å². The van der Waals surface area contributed by atoms with E-state index in [0.717, 1.165) is 45.4 Å². The molecular weight excluding hydrogens is 242 g/mol. The van der Waals surface area contributed by atoms with Crippen LogP contribution in [0, 0.1) is 11.3 Å². The van der Waals surface area contributed by atoms with Gasteiger partial charge < -0.3 is 15.7 Å². The summed E-state index contributed by atoms with van der Waals surface area (Å²) in [6.45, 7) is 7.00. The maximum atomic E-state index is 12.7. The summed E-state index contributed by atoms with van der Waals surface area (Å²) in [5.41, 5.74) is 5.59. The molecule has 1 amide bonds. The summed E-state index contributed by atoms with van der Waals surface area (Å²) in [4.78, 5) is 16.9. The molecule has 1 saturated heterocycles. The van der Waals surface area contributed by atoms with Crippen LogP contribution in [0.25, 0.3) is 0 Å². The highest BCUT2D eigenvalue weighted by Gasteiger charge is 2.48. The second-order valence-corrected chi connectivity index (χ2v) is 6.21. The Morgan fingerprint density at radius 1 is 1.32 bits per heavy atom. The van der Waals surface area contributed by atoms with E-state index < -0.39 is 0 Å². The molecule has 1 heterocycles. The van der Waals surface area contributed by atoms with Gasteiger partial charge in [-0.25, -0.2) is 0 Å². The van der Waals surface area contributed by atoms with Crippen LogP contribution in [0.2, 0.25) is 0 Å². The summed E-state index contributed by atoms with van der Waals surface area (Å²) in [7, 11) is 0. The van der Waals surface area contributed by atoms with Gasteiger partial charge in [-0.15, -0.1) is 0 Å². The molecule has 5 nitrogen and oxygen atoms in total. The molecule has 0 aromatic rings. The number of amides is 1. The number of hydrogen-bond acceptors (Lipinski definition) is 4. The van der Waals surface area contributed by atoms with Gasteiger partial charge in [-0.05, 0) is 31.7 Å². The van der Waals surface area contributed by atoms with Gasteiger partial charge in [-0.3, -0.25) is 9.69 Å². The van der Waals surface area contributed by atoms with Crippen LogP contribution in [0.3, 0.4) is 0 Å². The molecule has 0 atom stereocenters. The predicted octanol–water partition coefficient (Wildman–Crippen LogP) is -0.112. The molecular formula is C14H27N3O2. The van der Waals surface area contributed by atoms with Crippen molar-refractivity contribution in [2.75, 3.05) is 45.9 Å². The molecule has 3 N–H and O–H groups in total. The number of nitrogens with zero attached hydrogens (tertiary/aromatic N) is 2. The molecule has 0 unspecified atom stereocenters. The quantitative estimate of drug-likeness (QED) is 0.747. The molecule has 19 heavy (non-hydrogen) atoms. The zero-order valence-corrected chi connectivity index (χ0v) is 12.0. The minimum absolute atomic E-state index is 0.193. The number of aliphatic hydroxyl groups excluding tert-OH is 1. The first kappa shape index (κ1) is 14.8. The van der Waals surface area contributed by atoms with Crippen molar-refractivity contribution in [3.8, 4) is 0 Å². The number of rotatable bonds is 4. The van der Waals surface area contributed by atoms with E-state index in [1.807, 2.05) is 4.90 Å². The number of aliphatic hydroxyl groups is 1. The van der Waals surface area contributed by atoms with Gasteiger partial charge in [0.2, 0.25) is 5.91 Å². The van der Waals surface area contributed by atoms with Gasteiger partial charge in [0, 0.05) is 32.7 Å². The van der Waals surface area contributed by atoms with Crippen molar-refractivity contribution in [2.45, 2.75) is 26.2 Å². The summed E-state index contributed by atoms with van der Waals surface area (Å²) in [6.07, 6.45) is 2.88. The van der Waals surface area contributed by atoms with Crippen LogP contribution in [-0.4, -0.2) is 66.7 Å². The van der Waals surface area contributed by atoms with E-state index in [2.05, 4.69) is 11.8 Å². The van der Waals surface area contributed by atoms with E-state index in [-0.39, 0.29) is 17.9 Å². The van der Waals surface area contributed by atoms with Crippen LogP contribution in [0.5, 0.6) is 0 Å². The first-order valence-corrected chi connectivity index (χ1v) is 7.44. The lowest BCUT2D eigenvalue weighted by atomic mass is 9.62. The third-order valence-electron chi connectivity index (χ3n) is 4.61.